The summed E-state index contributed by atoms with van der Waals surface area (Å²) in [5.74, 6) is -2.11. The highest BCUT2D eigenvalue weighted by atomic mass is 32.1. The van der Waals surface area contributed by atoms with Crippen LogP contribution in [0.1, 0.15) is 28.1 Å². The molecule has 3 aromatic rings. The highest BCUT2D eigenvalue weighted by molar-refractivity contribution is 7.16. The van der Waals surface area contributed by atoms with E-state index in [-0.39, 0.29) is 17.7 Å². The monoisotopic (exact) mass is 413 g/mol. The molecule has 0 saturated heterocycles. The molecule has 0 aliphatic heterocycles. The Morgan fingerprint density at radius 1 is 1.03 bits per heavy atom. The number of nitrogens with one attached hydrogen (secondary N) is 2. The zero-order valence-corrected chi connectivity index (χ0v) is 16.3. The predicted molar refractivity (Wildman–Crippen MR) is 108 cm³/mol. The van der Waals surface area contributed by atoms with E-state index in [0.717, 1.165) is 29.9 Å². The predicted octanol–water partition coefficient (Wildman–Crippen LogP) is 5.00. The lowest BCUT2D eigenvalue weighted by Gasteiger charge is -2.06. The first-order chi connectivity index (χ1) is 13.9. The minimum atomic E-state index is -0.950. The first-order valence-electron chi connectivity index (χ1n) is 9.06. The summed E-state index contributed by atoms with van der Waals surface area (Å²) in [5.41, 5.74) is 1.98. The van der Waals surface area contributed by atoms with Gasteiger partial charge in [-0.05, 0) is 62.2 Å². The Morgan fingerprint density at radius 2 is 1.76 bits per heavy atom. The zero-order chi connectivity index (χ0) is 20.5. The van der Waals surface area contributed by atoms with Crippen molar-refractivity contribution in [2.24, 2.45) is 5.92 Å². The van der Waals surface area contributed by atoms with Crippen LogP contribution in [0.15, 0.2) is 42.5 Å². The molecule has 0 radical (unpaired) electrons. The molecular weight excluding hydrogens is 396 g/mol. The molecule has 0 unspecified atom stereocenters. The number of carbonyl (C=O) groups excluding carboxylic acids is 2. The topological polar surface area (TPSA) is 71.1 Å². The third-order valence-corrected chi connectivity index (χ3v) is 5.46. The van der Waals surface area contributed by atoms with Crippen LogP contribution in [0, 0.1) is 24.5 Å². The number of benzene rings is 2. The molecule has 1 aliphatic carbocycles. The van der Waals surface area contributed by atoms with Gasteiger partial charge in [0.05, 0.1) is 5.69 Å². The molecular formula is C21H17F2N3O2S. The molecule has 0 spiro atoms. The number of thiazole rings is 1. The average molecular weight is 413 g/mol. The SMILES string of the molecule is Cc1sc(NC(=O)c2ccc(NC(=O)C3CC3)cc2)nc1-c1ccc(F)c(F)c1. The third kappa shape index (κ3) is 4.32. The van der Waals surface area contributed by atoms with Crippen molar-refractivity contribution >= 4 is 34.0 Å². The van der Waals surface area contributed by atoms with Crippen LogP contribution in [-0.4, -0.2) is 16.8 Å². The van der Waals surface area contributed by atoms with Crippen molar-refractivity contribution in [1.82, 2.24) is 4.98 Å². The van der Waals surface area contributed by atoms with Crippen LogP contribution in [0.25, 0.3) is 11.3 Å². The fourth-order valence-electron chi connectivity index (χ4n) is 2.83. The van der Waals surface area contributed by atoms with Crippen LogP contribution in [0.3, 0.4) is 0 Å². The Bertz CT molecular complexity index is 1090. The molecule has 2 aromatic carbocycles. The third-order valence-electron chi connectivity index (χ3n) is 4.57. The number of aryl methyl sites for hydroxylation is 1. The molecule has 0 atom stereocenters. The molecule has 5 nitrogen and oxygen atoms in total. The van der Waals surface area contributed by atoms with Gasteiger partial charge >= 0.3 is 0 Å². The van der Waals surface area contributed by atoms with Crippen LogP contribution in [-0.2, 0) is 4.79 Å². The van der Waals surface area contributed by atoms with Crippen molar-refractivity contribution in [2.75, 3.05) is 10.6 Å². The molecule has 29 heavy (non-hydrogen) atoms. The lowest BCUT2D eigenvalue weighted by atomic mass is 10.1. The second-order valence-corrected chi connectivity index (χ2v) is 8.05. The zero-order valence-electron chi connectivity index (χ0n) is 15.5. The molecule has 2 amide bonds. The highest BCUT2D eigenvalue weighted by Crippen LogP contribution is 2.32. The number of rotatable bonds is 5. The normalized spacial score (nSPS) is 13.2. The molecule has 1 heterocycles. The Labute approximate surface area is 169 Å². The number of amides is 2. The number of aromatic nitrogens is 1. The number of carbonyl (C=O) groups is 2. The van der Waals surface area contributed by atoms with Crippen LogP contribution < -0.4 is 10.6 Å². The van der Waals surface area contributed by atoms with Gasteiger partial charge in [-0.1, -0.05) is 0 Å². The molecule has 8 heteroatoms. The summed E-state index contributed by atoms with van der Waals surface area (Å²) in [6, 6.07) is 10.2. The van der Waals surface area contributed by atoms with E-state index in [2.05, 4.69) is 15.6 Å². The summed E-state index contributed by atoms with van der Waals surface area (Å²) in [4.78, 5) is 29.4. The van der Waals surface area contributed by atoms with Crippen molar-refractivity contribution in [2.45, 2.75) is 19.8 Å². The van der Waals surface area contributed by atoms with Gasteiger partial charge in [-0.25, -0.2) is 13.8 Å². The van der Waals surface area contributed by atoms with Gasteiger partial charge in [0.1, 0.15) is 0 Å². The van der Waals surface area contributed by atoms with Gasteiger partial charge in [0, 0.05) is 27.6 Å². The largest absolute Gasteiger partial charge is 0.326 e. The van der Waals surface area contributed by atoms with Crippen molar-refractivity contribution in [1.29, 1.82) is 0 Å². The highest BCUT2D eigenvalue weighted by Gasteiger charge is 2.29. The number of hydrogen-bond acceptors (Lipinski definition) is 4. The van der Waals surface area contributed by atoms with Gasteiger partial charge in [-0.3, -0.25) is 14.9 Å². The summed E-state index contributed by atoms with van der Waals surface area (Å²) < 4.78 is 26.6. The van der Waals surface area contributed by atoms with Crippen molar-refractivity contribution in [3.63, 3.8) is 0 Å². The van der Waals surface area contributed by atoms with Gasteiger partial charge in [-0.15, -0.1) is 11.3 Å². The summed E-state index contributed by atoms with van der Waals surface area (Å²) >= 11 is 1.25. The maximum Gasteiger partial charge on any atom is 0.257 e. The van der Waals surface area contributed by atoms with E-state index in [1.54, 1.807) is 31.2 Å². The number of hydrogen-bond donors (Lipinski definition) is 2. The maximum atomic E-state index is 13.5. The van der Waals surface area contributed by atoms with Crippen LogP contribution in [0.2, 0.25) is 0 Å². The van der Waals surface area contributed by atoms with Gasteiger partial charge in [0.2, 0.25) is 5.91 Å². The van der Waals surface area contributed by atoms with Gasteiger partial charge in [0.25, 0.3) is 5.91 Å². The van der Waals surface area contributed by atoms with Gasteiger partial charge in [0.15, 0.2) is 16.8 Å². The summed E-state index contributed by atoms with van der Waals surface area (Å²) in [7, 11) is 0. The van der Waals surface area contributed by atoms with Crippen LogP contribution in [0.5, 0.6) is 0 Å². The minimum Gasteiger partial charge on any atom is -0.326 e. The summed E-state index contributed by atoms with van der Waals surface area (Å²) in [5, 5.41) is 5.90. The molecule has 0 bridgehead atoms. The number of anilines is 2. The lowest BCUT2D eigenvalue weighted by molar-refractivity contribution is -0.117. The van der Waals surface area contributed by atoms with Crippen molar-refractivity contribution in [3.05, 3.63) is 64.5 Å². The second kappa shape index (κ2) is 7.71. The smallest absolute Gasteiger partial charge is 0.257 e. The van der Waals surface area contributed by atoms with E-state index in [4.69, 9.17) is 0 Å². The Hall–Kier alpha value is -3.13. The van der Waals surface area contributed by atoms with E-state index in [9.17, 15) is 18.4 Å². The van der Waals surface area contributed by atoms with E-state index < -0.39 is 11.6 Å². The van der Waals surface area contributed by atoms with E-state index in [1.807, 2.05) is 0 Å². The van der Waals surface area contributed by atoms with Gasteiger partial charge < -0.3 is 5.32 Å². The second-order valence-electron chi connectivity index (χ2n) is 6.85. The first-order valence-corrected chi connectivity index (χ1v) is 9.87. The fourth-order valence-corrected chi connectivity index (χ4v) is 3.66. The van der Waals surface area contributed by atoms with E-state index in [1.165, 1.54) is 17.4 Å². The lowest BCUT2D eigenvalue weighted by Crippen LogP contribution is -2.14. The molecule has 2 N–H and O–H groups in total. The molecule has 1 fully saturated rings. The van der Waals surface area contributed by atoms with E-state index in [0.29, 0.717) is 27.6 Å². The summed E-state index contributed by atoms with van der Waals surface area (Å²) in [6.45, 7) is 1.79. The first kappa shape index (κ1) is 19.2. The van der Waals surface area contributed by atoms with Crippen LogP contribution >= 0.6 is 11.3 Å². The van der Waals surface area contributed by atoms with Crippen molar-refractivity contribution < 1.29 is 18.4 Å². The minimum absolute atomic E-state index is 0.00483. The molecule has 148 valence electrons. The summed E-state index contributed by atoms with van der Waals surface area (Å²) in [6.07, 6.45) is 1.85. The molecule has 1 aromatic heterocycles. The van der Waals surface area contributed by atoms with Crippen molar-refractivity contribution in [3.8, 4) is 11.3 Å². The number of nitrogens with zero attached hydrogens (tertiary/aromatic N) is 1. The van der Waals surface area contributed by atoms with E-state index >= 15 is 0 Å². The number of halogens is 2. The Morgan fingerprint density at radius 3 is 2.41 bits per heavy atom. The quantitative estimate of drug-likeness (QED) is 0.619. The fraction of sp³-hybridized carbons (Fsp3) is 0.190. The molecule has 1 saturated carbocycles. The average Bonchev–Trinajstić information content (AvgIpc) is 3.48. The maximum absolute atomic E-state index is 13.5. The van der Waals surface area contributed by atoms with Crippen LogP contribution in [0.4, 0.5) is 19.6 Å². The standard InChI is InChI=1S/C21H17F2N3O2S/c1-11-18(14-6-9-16(22)17(23)10-14)25-21(29-11)26-20(28)13-4-7-15(8-5-13)24-19(27)12-2-3-12/h4-10,12H,2-3H2,1H3,(H,24,27)(H,25,26,28). The Kier molecular flexibility index (Phi) is 5.10. The molecule has 1 aliphatic rings. The Balaban J connectivity index is 1.45. The van der Waals surface area contributed by atoms with Gasteiger partial charge in [-0.2, -0.15) is 0 Å². The molecule has 4 rings (SSSR count).